The molecular weight excluding hydrogens is 509 g/mol. The van der Waals surface area contributed by atoms with E-state index in [1.165, 1.54) is 11.1 Å². The average molecular weight is 546 g/mol. The van der Waals surface area contributed by atoms with E-state index in [9.17, 15) is 4.79 Å². The maximum absolute atomic E-state index is 12.7. The highest BCUT2D eigenvalue weighted by atomic mass is 127. The molecule has 1 saturated heterocycles. The van der Waals surface area contributed by atoms with Crippen LogP contribution >= 0.6 is 35.7 Å². The van der Waals surface area contributed by atoms with Crippen molar-refractivity contribution in [3.8, 4) is 0 Å². The summed E-state index contributed by atoms with van der Waals surface area (Å²) in [5, 5.41) is 6.96. The van der Waals surface area contributed by atoms with E-state index in [0.717, 1.165) is 75.7 Å². The third kappa shape index (κ3) is 7.59. The Morgan fingerprint density at radius 1 is 1.27 bits per heavy atom. The summed E-state index contributed by atoms with van der Waals surface area (Å²) in [6, 6.07) is 2.47. The zero-order valence-electron chi connectivity index (χ0n) is 18.2. The second-order valence-electron chi connectivity index (χ2n) is 7.94. The van der Waals surface area contributed by atoms with Crippen molar-refractivity contribution >= 4 is 47.6 Å². The lowest BCUT2D eigenvalue weighted by atomic mass is 9.85. The molecule has 168 valence electrons. The first-order valence-corrected chi connectivity index (χ1v) is 12.1. The van der Waals surface area contributed by atoms with Gasteiger partial charge in [-0.15, -0.1) is 24.0 Å². The number of rotatable bonds is 6. The second-order valence-corrected chi connectivity index (χ2v) is 9.17. The number of amides is 1. The van der Waals surface area contributed by atoms with E-state index in [4.69, 9.17) is 4.99 Å². The second kappa shape index (κ2) is 13.4. The maximum atomic E-state index is 12.7. The molecule has 2 fully saturated rings. The minimum atomic E-state index is 0. The molecule has 0 atom stereocenters. The fourth-order valence-corrected chi connectivity index (χ4v) is 5.01. The van der Waals surface area contributed by atoms with Gasteiger partial charge in [0.05, 0.1) is 0 Å². The first kappa shape index (κ1) is 25.2. The van der Waals surface area contributed by atoms with Gasteiger partial charge in [0.25, 0.3) is 0 Å². The summed E-state index contributed by atoms with van der Waals surface area (Å²) in [4.78, 5) is 23.8. The van der Waals surface area contributed by atoms with Crippen LogP contribution in [0.3, 0.4) is 0 Å². The van der Waals surface area contributed by atoms with Gasteiger partial charge in [0, 0.05) is 62.0 Å². The van der Waals surface area contributed by atoms with Gasteiger partial charge in [0.1, 0.15) is 0 Å². The Kier molecular flexibility index (Phi) is 11.3. The van der Waals surface area contributed by atoms with Crippen LogP contribution in [0.2, 0.25) is 0 Å². The van der Waals surface area contributed by atoms with Crippen LogP contribution in [0.5, 0.6) is 0 Å². The summed E-state index contributed by atoms with van der Waals surface area (Å²) >= 11 is 1.95. The van der Waals surface area contributed by atoms with Gasteiger partial charge in [-0.05, 0) is 63.1 Å². The van der Waals surface area contributed by atoms with Crippen molar-refractivity contribution in [1.82, 2.24) is 20.5 Å². The smallest absolute Gasteiger partial charge is 0.225 e. The SMILES string of the molecule is CCNC(=NCCc1ccncc1C)NC1CCC(C(=O)N2CCSCC2)CC1.I. The number of halogens is 1. The number of aromatic nitrogens is 1. The number of carbonyl (C=O) groups is 1. The van der Waals surface area contributed by atoms with Crippen LogP contribution in [0.15, 0.2) is 23.5 Å². The summed E-state index contributed by atoms with van der Waals surface area (Å²) in [7, 11) is 0. The lowest BCUT2D eigenvalue weighted by Crippen LogP contribution is -2.47. The van der Waals surface area contributed by atoms with E-state index in [2.05, 4.69) is 40.4 Å². The van der Waals surface area contributed by atoms with Crippen molar-refractivity contribution in [3.63, 3.8) is 0 Å². The number of hydrogen-bond donors (Lipinski definition) is 2. The molecule has 2 aliphatic rings. The summed E-state index contributed by atoms with van der Waals surface area (Å²) < 4.78 is 0. The molecule has 1 aromatic heterocycles. The van der Waals surface area contributed by atoms with Crippen LogP contribution in [0.1, 0.15) is 43.7 Å². The third-order valence-electron chi connectivity index (χ3n) is 5.87. The number of aliphatic imine (C=N–C) groups is 1. The van der Waals surface area contributed by atoms with E-state index >= 15 is 0 Å². The number of thioether (sulfide) groups is 1. The van der Waals surface area contributed by atoms with Crippen LogP contribution in [0.25, 0.3) is 0 Å². The van der Waals surface area contributed by atoms with Crippen molar-refractivity contribution in [1.29, 1.82) is 0 Å². The Labute approximate surface area is 202 Å². The Bertz CT molecular complexity index is 688. The number of carbonyl (C=O) groups excluding carboxylic acids is 1. The number of nitrogens with zero attached hydrogens (tertiary/aromatic N) is 3. The van der Waals surface area contributed by atoms with Gasteiger partial charge in [0.2, 0.25) is 5.91 Å². The van der Waals surface area contributed by atoms with E-state index < -0.39 is 0 Å². The van der Waals surface area contributed by atoms with Gasteiger partial charge in [-0.2, -0.15) is 11.8 Å². The fraction of sp³-hybridized carbons (Fsp3) is 0.682. The number of pyridine rings is 1. The Balaban J connectivity index is 0.00000320. The monoisotopic (exact) mass is 545 g/mol. The topological polar surface area (TPSA) is 69.6 Å². The van der Waals surface area contributed by atoms with Crippen LogP contribution in [0, 0.1) is 12.8 Å². The Morgan fingerprint density at radius 3 is 2.67 bits per heavy atom. The number of hydrogen-bond acceptors (Lipinski definition) is 4. The standard InChI is InChI=1S/C22H35N5OS.HI/c1-3-24-22(25-11-9-18-8-10-23-16-17(18)2)26-20-6-4-19(5-7-20)21(28)27-12-14-29-15-13-27;/h8,10,16,19-20H,3-7,9,11-15H2,1-2H3,(H2,24,25,26);1H. The van der Waals surface area contributed by atoms with Crippen molar-refractivity contribution in [2.24, 2.45) is 10.9 Å². The molecule has 1 saturated carbocycles. The summed E-state index contributed by atoms with van der Waals surface area (Å²) in [6.45, 7) is 7.64. The quantitative estimate of drug-likeness (QED) is 0.327. The van der Waals surface area contributed by atoms with Crippen LogP contribution in [0.4, 0.5) is 0 Å². The molecule has 2 N–H and O–H groups in total. The highest BCUT2D eigenvalue weighted by Gasteiger charge is 2.30. The predicted molar refractivity (Wildman–Crippen MR) is 137 cm³/mol. The van der Waals surface area contributed by atoms with E-state index in [1.54, 1.807) is 0 Å². The molecule has 0 spiro atoms. The lowest BCUT2D eigenvalue weighted by molar-refractivity contribution is -0.136. The van der Waals surface area contributed by atoms with Crippen LogP contribution in [-0.2, 0) is 11.2 Å². The number of nitrogens with one attached hydrogen (secondary N) is 2. The summed E-state index contributed by atoms with van der Waals surface area (Å²) in [6.07, 6.45) is 8.70. The molecule has 0 radical (unpaired) electrons. The van der Waals surface area contributed by atoms with E-state index in [0.29, 0.717) is 11.9 Å². The molecule has 30 heavy (non-hydrogen) atoms. The van der Waals surface area contributed by atoms with Crippen LogP contribution < -0.4 is 10.6 Å². The highest BCUT2D eigenvalue weighted by Crippen LogP contribution is 2.27. The third-order valence-corrected chi connectivity index (χ3v) is 6.81. The molecular formula is C22H36IN5OS. The molecule has 3 rings (SSSR count). The molecule has 2 heterocycles. The molecule has 1 amide bonds. The van der Waals surface area contributed by atoms with Gasteiger partial charge in [-0.25, -0.2) is 0 Å². The zero-order valence-corrected chi connectivity index (χ0v) is 21.4. The Morgan fingerprint density at radius 2 is 2.00 bits per heavy atom. The lowest BCUT2D eigenvalue weighted by Gasteiger charge is -2.34. The van der Waals surface area contributed by atoms with Gasteiger partial charge < -0.3 is 15.5 Å². The van der Waals surface area contributed by atoms with E-state index in [1.807, 2.05) is 24.2 Å². The summed E-state index contributed by atoms with van der Waals surface area (Å²) in [5.41, 5.74) is 2.52. The molecule has 0 aromatic carbocycles. The molecule has 1 aromatic rings. The first-order valence-electron chi connectivity index (χ1n) is 11.0. The summed E-state index contributed by atoms with van der Waals surface area (Å²) in [5.74, 6) is 3.67. The predicted octanol–water partition coefficient (Wildman–Crippen LogP) is 3.24. The maximum Gasteiger partial charge on any atom is 0.225 e. The van der Waals surface area contributed by atoms with Crippen molar-refractivity contribution in [3.05, 3.63) is 29.6 Å². The minimum absolute atomic E-state index is 0. The minimum Gasteiger partial charge on any atom is -0.357 e. The zero-order chi connectivity index (χ0) is 20.5. The van der Waals surface area contributed by atoms with Crippen molar-refractivity contribution in [2.45, 2.75) is 52.0 Å². The normalized spacial score (nSPS) is 22.2. The molecule has 0 bridgehead atoms. The highest BCUT2D eigenvalue weighted by molar-refractivity contribution is 14.0. The van der Waals surface area contributed by atoms with Crippen molar-refractivity contribution in [2.75, 3.05) is 37.7 Å². The van der Waals surface area contributed by atoms with Crippen LogP contribution in [-0.4, -0.2) is 65.5 Å². The molecule has 0 unspecified atom stereocenters. The first-order chi connectivity index (χ1) is 14.2. The Hall–Kier alpha value is -1.03. The largest absolute Gasteiger partial charge is 0.357 e. The van der Waals surface area contributed by atoms with Gasteiger partial charge in [-0.3, -0.25) is 14.8 Å². The molecule has 1 aliphatic carbocycles. The fourth-order valence-electron chi connectivity index (χ4n) is 4.11. The number of guanidine groups is 1. The number of aryl methyl sites for hydroxylation is 1. The van der Waals surface area contributed by atoms with Crippen molar-refractivity contribution < 1.29 is 4.79 Å². The van der Waals surface area contributed by atoms with Gasteiger partial charge in [0.15, 0.2) is 5.96 Å². The average Bonchev–Trinajstić information content (AvgIpc) is 2.76. The van der Waals surface area contributed by atoms with Gasteiger partial charge in [-0.1, -0.05) is 0 Å². The van der Waals surface area contributed by atoms with Gasteiger partial charge >= 0.3 is 0 Å². The van der Waals surface area contributed by atoms with E-state index in [-0.39, 0.29) is 29.9 Å². The molecule has 1 aliphatic heterocycles. The molecule has 8 heteroatoms. The molecule has 6 nitrogen and oxygen atoms in total.